The van der Waals surface area contributed by atoms with Gasteiger partial charge in [-0.15, -0.1) is 15.3 Å². The number of unbranched alkanes of at least 4 members (excludes halogenated alkanes) is 2. The van der Waals surface area contributed by atoms with Crippen LogP contribution in [0.2, 0.25) is 0 Å². The smallest absolute Gasteiger partial charge is 0.355 e. The number of nitrogens with zero attached hydrogens (tertiary/aromatic N) is 5. The molecule has 10 heteroatoms. The second kappa shape index (κ2) is 8.96. The van der Waals surface area contributed by atoms with E-state index in [1.807, 2.05) is 11.8 Å². The van der Waals surface area contributed by atoms with Crippen molar-refractivity contribution in [2.24, 2.45) is 5.92 Å². The number of halogens is 3. The van der Waals surface area contributed by atoms with Gasteiger partial charge >= 0.3 is 6.18 Å². The third-order valence-electron chi connectivity index (χ3n) is 5.32. The molecule has 1 aliphatic rings. The van der Waals surface area contributed by atoms with Crippen molar-refractivity contribution in [3.05, 3.63) is 18.0 Å². The molecule has 1 saturated heterocycles. The molecule has 1 unspecified atom stereocenters. The Bertz CT molecular complexity index is 829. The molecular formula is C19H27F3N6O. The first-order chi connectivity index (χ1) is 13.8. The van der Waals surface area contributed by atoms with E-state index in [4.69, 9.17) is 0 Å². The molecule has 0 aliphatic carbocycles. The minimum atomic E-state index is -4.62. The molecule has 0 saturated carbocycles. The monoisotopic (exact) mass is 412 g/mol. The van der Waals surface area contributed by atoms with Crippen molar-refractivity contribution in [1.29, 1.82) is 0 Å². The van der Waals surface area contributed by atoms with Crippen LogP contribution in [0.15, 0.2) is 12.1 Å². The number of carbonyl (C=O) groups is 1. The summed E-state index contributed by atoms with van der Waals surface area (Å²) in [4.78, 5) is 14.4. The Labute approximate surface area is 167 Å². The maximum atomic E-state index is 13.0. The zero-order valence-corrected chi connectivity index (χ0v) is 16.7. The standard InChI is InChI=1S/C19H27F3N6O/c1-3-4-5-6-13(2)23-17(29)14-9-11-27(12-10-14)16-8-7-15-24-25-18(19(20,21)22)28(15)26-16/h7-8,13-14H,3-6,9-12H2,1-2H3,(H,23,29). The number of aromatic nitrogens is 4. The minimum Gasteiger partial charge on any atom is -0.355 e. The van der Waals surface area contributed by atoms with Crippen LogP contribution in [0, 0.1) is 5.92 Å². The van der Waals surface area contributed by atoms with E-state index >= 15 is 0 Å². The number of rotatable bonds is 7. The van der Waals surface area contributed by atoms with E-state index < -0.39 is 12.0 Å². The zero-order valence-electron chi connectivity index (χ0n) is 16.7. The van der Waals surface area contributed by atoms with Gasteiger partial charge in [-0.25, -0.2) is 0 Å². The van der Waals surface area contributed by atoms with Gasteiger partial charge in [-0.2, -0.15) is 17.7 Å². The molecule has 7 nitrogen and oxygen atoms in total. The van der Waals surface area contributed by atoms with Gasteiger partial charge in [-0.1, -0.05) is 26.2 Å². The third kappa shape index (κ3) is 5.16. The quantitative estimate of drug-likeness (QED) is 0.705. The summed E-state index contributed by atoms with van der Waals surface area (Å²) in [5.41, 5.74) is 0.0485. The lowest BCUT2D eigenvalue weighted by atomic mass is 9.95. The summed E-state index contributed by atoms with van der Waals surface area (Å²) in [6, 6.07) is 3.27. The van der Waals surface area contributed by atoms with Crippen LogP contribution in [0.25, 0.3) is 5.65 Å². The first-order valence-corrected chi connectivity index (χ1v) is 10.1. The fraction of sp³-hybridized carbons (Fsp3) is 0.684. The number of hydrogen-bond donors (Lipinski definition) is 1. The fourth-order valence-electron chi connectivity index (χ4n) is 3.63. The van der Waals surface area contributed by atoms with Crippen LogP contribution in [0.4, 0.5) is 19.0 Å². The van der Waals surface area contributed by atoms with Gasteiger partial charge in [0.2, 0.25) is 5.91 Å². The number of anilines is 1. The number of amides is 1. The Morgan fingerprint density at radius 3 is 2.62 bits per heavy atom. The van der Waals surface area contributed by atoms with E-state index in [0.717, 1.165) is 23.8 Å². The Kier molecular flexibility index (Phi) is 6.59. The first kappa shape index (κ1) is 21.3. The summed E-state index contributed by atoms with van der Waals surface area (Å²) in [6.07, 6.45) is 1.06. The fourth-order valence-corrected chi connectivity index (χ4v) is 3.63. The number of carbonyl (C=O) groups excluding carboxylic acids is 1. The van der Waals surface area contributed by atoms with Gasteiger partial charge in [0.25, 0.3) is 5.82 Å². The molecule has 2 aromatic rings. The lowest BCUT2D eigenvalue weighted by Gasteiger charge is -2.32. The molecule has 1 amide bonds. The van der Waals surface area contributed by atoms with Crippen LogP contribution in [0.5, 0.6) is 0 Å². The van der Waals surface area contributed by atoms with E-state index in [9.17, 15) is 18.0 Å². The summed E-state index contributed by atoms with van der Waals surface area (Å²) in [6.45, 7) is 5.30. The van der Waals surface area contributed by atoms with Crippen LogP contribution in [-0.4, -0.2) is 44.8 Å². The molecular weight excluding hydrogens is 385 g/mol. The van der Waals surface area contributed by atoms with Crippen molar-refractivity contribution < 1.29 is 18.0 Å². The maximum absolute atomic E-state index is 13.0. The number of hydrogen-bond acceptors (Lipinski definition) is 5. The molecule has 1 fully saturated rings. The molecule has 160 valence electrons. The van der Waals surface area contributed by atoms with Crippen molar-refractivity contribution in [2.45, 2.75) is 64.6 Å². The lowest BCUT2D eigenvalue weighted by molar-refractivity contribution is -0.146. The summed E-state index contributed by atoms with van der Waals surface area (Å²) in [5, 5.41) is 13.9. The highest BCUT2D eigenvalue weighted by molar-refractivity contribution is 5.79. The van der Waals surface area contributed by atoms with Crippen molar-refractivity contribution >= 4 is 17.4 Å². The van der Waals surface area contributed by atoms with Gasteiger partial charge in [-0.3, -0.25) is 4.79 Å². The second-order valence-electron chi connectivity index (χ2n) is 7.65. The summed E-state index contributed by atoms with van der Waals surface area (Å²) < 4.78 is 39.9. The van der Waals surface area contributed by atoms with Crippen LogP contribution in [0.1, 0.15) is 58.2 Å². The van der Waals surface area contributed by atoms with Gasteiger partial charge in [0.1, 0.15) is 5.82 Å². The largest absolute Gasteiger partial charge is 0.453 e. The highest BCUT2D eigenvalue weighted by Gasteiger charge is 2.38. The molecule has 2 aromatic heterocycles. The van der Waals surface area contributed by atoms with E-state index in [2.05, 4.69) is 27.5 Å². The molecule has 0 bridgehead atoms. The average molecular weight is 412 g/mol. The molecule has 0 radical (unpaired) electrons. The Morgan fingerprint density at radius 2 is 1.97 bits per heavy atom. The Balaban J connectivity index is 1.58. The van der Waals surface area contributed by atoms with Crippen molar-refractivity contribution in [3.8, 4) is 0 Å². The van der Waals surface area contributed by atoms with E-state index in [1.54, 1.807) is 6.07 Å². The van der Waals surface area contributed by atoms with Crippen LogP contribution in [0.3, 0.4) is 0 Å². The minimum absolute atomic E-state index is 0.0485. The van der Waals surface area contributed by atoms with Gasteiger partial charge in [-0.05, 0) is 38.3 Å². The average Bonchev–Trinajstić information content (AvgIpc) is 3.12. The van der Waals surface area contributed by atoms with Crippen LogP contribution in [-0.2, 0) is 11.0 Å². The van der Waals surface area contributed by atoms with Crippen LogP contribution < -0.4 is 10.2 Å². The normalized spacial score (nSPS) is 16.9. The zero-order chi connectivity index (χ0) is 21.0. The summed E-state index contributed by atoms with van der Waals surface area (Å²) in [7, 11) is 0. The van der Waals surface area contributed by atoms with Crippen LogP contribution >= 0.6 is 0 Å². The molecule has 29 heavy (non-hydrogen) atoms. The van der Waals surface area contributed by atoms with E-state index in [0.29, 0.717) is 31.7 Å². The molecule has 3 heterocycles. The summed E-state index contributed by atoms with van der Waals surface area (Å²) in [5.74, 6) is -0.727. The van der Waals surface area contributed by atoms with Crippen molar-refractivity contribution in [1.82, 2.24) is 25.1 Å². The molecule has 1 N–H and O–H groups in total. The maximum Gasteiger partial charge on any atom is 0.453 e. The topological polar surface area (TPSA) is 75.4 Å². The molecule has 0 spiro atoms. The van der Waals surface area contributed by atoms with Gasteiger partial charge < -0.3 is 10.2 Å². The van der Waals surface area contributed by atoms with Gasteiger partial charge in [0.05, 0.1) is 0 Å². The van der Waals surface area contributed by atoms with Gasteiger partial charge in [0.15, 0.2) is 5.65 Å². The van der Waals surface area contributed by atoms with Crippen molar-refractivity contribution in [3.63, 3.8) is 0 Å². The van der Waals surface area contributed by atoms with Crippen molar-refractivity contribution in [2.75, 3.05) is 18.0 Å². The summed E-state index contributed by atoms with van der Waals surface area (Å²) >= 11 is 0. The van der Waals surface area contributed by atoms with E-state index in [-0.39, 0.29) is 23.5 Å². The Hall–Kier alpha value is -2.39. The predicted molar refractivity (Wildman–Crippen MR) is 102 cm³/mol. The number of piperidine rings is 1. The Morgan fingerprint density at radius 1 is 1.24 bits per heavy atom. The highest BCUT2D eigenvalue weighted by Crippen LogP contribution is 2.28. The predicted octanol–water partition coefficient (Wildman–Crippen LogP) is 3.44. The molecule has 0 aromatic carbocycles. The van der Waals surface area contributed by atoms with E-state index in [1.165, 1.54) is 12.5 Å². The lowest BCUT2D eigenvalue weighted by Crippen LogP contribution is -2.43. The van der Waals surface area contributed by atoms with Gasteiger partial charge in [0, 0.05) is 25.0 Å². The first-order valence-electron chi connectivity index (χ1n) is 10.1. The highest BCUT2D eigenvalue weighted by atomic mass is 19.4. The second-order valence-corrected chi connectivity index (χ2v) is 7.65. The number of alkyl halides is 3. The molecule has 1 aliphatic heterocycles. The number of fused-ring (bicyclic) bond motifs is 1. The third-order valence-corrected chi connectivity index (χ3v) is 5.32. The SMILES string of the molecule is CCCCCC(C)NC(=O)C1CCN(c2ccc3nnc(C(F)(F)F)n3n2)CC1. The number of nitrogens with one attached hydrogen (secondary N) is 1. The molecule has 1 atom stereocenters. The molecule has 3 rings (SSSR count).